The number of nitrogens with two attached hydrogens (primary N) is 1. The lowest BCUT2D eigenvalue weighted by Crippen LogP contribution is -2.23. The van der Waals surface area contributed by atoms with E-state index < -0.39 is 0 Å². The van der Waals surface area contributed by atoms with Gasteiger partial charge in [0.25, 0.3) is 5.89 Å². The monoisotopic (exact) mass is 351 g/mol. The molecule has 0 atom stereocenters. The molecule has 0 saturated heterocycles. The van der Waals surface area contributed by atoms with E-state index in [1.165, 1.54) is 5.56 Å². The van der Waals surface area contributed by atoms with Crippen LogP contribution in [0.15, 0.2) is 40.9 Å². The highest BCUT2D eigenvalue weighted by molar-refractivity contribution is 5.63. The molecule has 26 heavy (non-hydrogen) atoms. The number of pyridine rings is 1. The SMILES string of the molecule is CCN(CC)c1cc(-c2nc(-c3ccc(CCN)cc3)no2)cc(C)n1. The lowest BCUT2D eigenvalue weighted by Gasteiger charge is -2.20. The van der Waals surface area contributed by atoms with E-state index in [0.717, 1.165) is 42.1 Å². The van der Waals surface area contributed by atoms with Crippen LogP contribution in [0.25, 0.3) is 22.8 Å². The van der Waals surface area contributed by atoms with Gasteiger partial charge in [-0.15, -0.1) is 0 Å². The normalized spacial score (nSPS) is 10.9. The summed E-state index contributed by atoms with van der Waals surface area (Å²) < 4.78 is 5.51. The van der Waals surface area contributed by atoms with E-state index in [0.29, 0.717) is 18.3 Å². The third kappa shape index (κ3) is 3.91. The molecule has 1 aromatic carbocycles. The Bertz CT molecular complexity index is 853. The first kappa shape index (κ1) is 18.1. The van der Waals surface area contributed by atoms with Gasteiger partial charge in [-0.25, -0.2) is 4.98 Å². The molecule has 0 unspecified atom stereocenters. The summed E-state index contributed by atoms with van der Waals surface area (Å²) in [6.07, 6.45) is 0.863. The standard InChI is InChI=1S/C20H25N5O/c1-4-25(5-2)18-13-17(12-14(3)22-18)20-23-19(24-26-20)16-8-6-15(7-9-16)10-11-21/h6-9,12-13H,4-5,10-11,21H2,1-3H3. The molecule has 2 aromatic heterocycles. The lowest BCUT2D eigenvalue weighted by molar-refractivity contribution is 0.432. The van der Waals surface area contributed by atoms with Crippen LogP contribution in [0.1, 0.15) is 25.1 Å². The minimum absolute atomic E-state index is 0.505. The van der Waals surface area contributed by atoms with E-state index >= 15 is 0 Å². The molecule has 6 nitrogen and oxygen atoms in total. The summed E-state index contributed by atoms with van der Waals surface area (Å²) in [5.74, 6) is 2.01. The zero-order valence-corrected chi connectivity index (χ0v) is 15.6. The quantitative estimate of drug-likeness (QED) is 0.702. The van der Waals surface area contributed by atoms with Crippen molar-refractivity contribution in [3.05, 3.63) is 47.7 Å². The van der Waals surface area contributed by atoms with Crippen LogP contribution >= 0.6 is 0 Å². The molecule has 3 rings (SSSR count). The number of hydrogen-bond donors (Lipinski definition) is 1. The molecule has 2 heterocycles. The molecule has 0 saturated carbocycles. The maximum Gasteiger partial charge on any atom is 0.258 e. The van der Waals surface area contributed by atoms with Gasteiger partial charge in [0.05, 0.1) is 0 Å². The Morgan fingerprint density at radius 2 is 1.73 bits per heavy atom. The van der Waals surface area contributed by atoms with Crippen LogP contribution in [0.2, 0.25) is 0 Å². The second kappa shape index (κ2) is 8.10. The summed E-state index contributed by atoms with van der Waals surface area (Å²) >= 11 is 0. The second-order valence-electron chi connectivity index (χ2n) is 6.19. The second-order valence-corrected chi connectivity index (χ2v) is 6.19. The highest BCUT2D eigenvalue weighted by Crippen LogP contribution is 2.26. The Balaban J connectivity index is 1.89. The molecule has 0 aliphatic rings. The molecule has 3 aromatic rings. The van der Waals surface area contributed by atoms with Crippen LogP contribution in [0.5, 0.6) is 0 Å². The molecule has 0 bridgehead atoms. The zero-order chi connectivity index (χ0) is 18.5. The van der Waals surface area contributed by atoms with Gasteiger partial charge < -0.3 is 15.2 Å². The van der Waals surface area contributed by atoms with Crippen molar-refractivity contribution >= 4 is 5.82 Å². The Hall–Kier alpha value is -2.73. The molecule has 0 radical (unpaired) electrons. The van der Waals surface area contributed by atoms with Gasteiger partial charge in [-0.05, 0) is 51.4 Å². The van der Waals surface area contributed by atoms with Crippen molar-refractivity contribution in [3.8, 4) is 22.8 Å². The third-order valence-electron chi connectivity index (χ3n) is 4.35. The molecule has 0 fully saturated rings. The Morgan fingerprint density at radius 1 is 1.00 bits per heavy atom. The molecule has 0 amide bonds. The maximum atomic E-state index is 5.59. The summed E-state index contributed by atoms with van der Waals surface area (Å²) in [6.45, 7) is 8.65. The number of benzene rings is 1. The largest absolute Gasteiger partial charge is 0.357 e. The van der Waals surface area contributed by atoms with Crippen molar-refractivity contribution in [3.63, 3.8) is 0 Å². The van der Waals surface area contributed by atoms with Crippen LogP contribution in [-0.4, -0.2) is 34.8 Å². The van der Waals surface area contributed by atoms with Gasteiger partial charge in [-0.3, -0.25) is 0 Å². The average molecular weight is 351 g/mol. The van der Waals surface area contributed by atoms with E-state index in [-0.39, 0.29) is 0 Å². The van der Waals surface area contributed by atoms with Crippen LogP contribution in [0.3, 0.4) is 0 Å². The minimum atomic E-state index is 0.505. The van der Waals surface area contributed by atoms with E-state index in [1.807, 2.05) is 43.3 Å². The minimum Gasteiger partial charge on any atom is -0.357 e. The molecular formula is C20H25N5O. The fourth-order valence-corrected chi connectivity index (χ4v) is 2.93. The van der Waals surface area contributed by atoms with Gasteiger partial charge >= 0.3 is 0 Å². The van der Waals surface area contributed by atoms with Crippen molar-refractivity contribution in [1.82, 2.24) is 15.1 Å². The zero-order valence-electron chi connectivity index (χ0n) is 15.6. The van der Waals surface area contributed by atoms with E-state index in [2.05, 4.69) is 33.9 Å². The summed E-state index contributed by atoms with van der Waals surface area (Å²) in [6, 6.07) is 12.1. The molecule has 0 aliphatic carbocycles. The lowest BCUT2D eigenvalue weighted by atomic mass is 10.1. The van der Waals surface area contributed by atoms with Crippen LogP contribution in [-0.2, 0) is 6.42 Å². The van der Waals surface area contributed by atoms with Gasteiger partial charge in [0.15, 0.2) is 0 Å². The summed E-state index contributed by atoms with van der Waals surface area (Å²) in [4.78, 5) is 11.4. The average Bonchev–Trinajstić information content (AvgIpc) is 3.13. The highest BCUT2D eigenvalue weighted by Gasteiger charge is 2.14. The highest BCUT2D eigenvalue weighted by atomic mass is 16.5. The van der Waals surface area contributed by atoms with Crippen molar-refractivity contribution < 1.29 is 4.52 Å². The van der Waals surface area contributed by atoms with Crippen molar-refractivity contribution in [2.45, 2.75) is 27.2 Å². The predicted octanol–water partition coefficient (Wildman–Crippen LogP) is 3.45. The van der Waals surface area contributed by atoms with Crippen molar-refractivity contribution in [1.29, 1.82) is 0 Å². The van der Waals surface area contributed by atoms with Crippen molar-refractivity contribution in [2.24, 2.45) is 5.73 Å². The molecule has 2 N–H and O–H groups in total. The van der Waals surface area contributed by atoms with E-state index in [9.17, 15) is 0 Å². The molecule has 0 spiro atoms. The van der Waals surface area contributed by atoms with E-state index in [1.54, 1.807) is 0 Å². The fourth-order valence-electron chi connectivity index (χ4n) is 2.93. The van der Waals surface area contributed by atoms with Crippen LogP contribution in [0, 0.1) is 6.92 Å². The van der Waals surface area contributed by atoms with Gasteiger partial charge in [-0.1, -0.05) is 29.4 Å². The van der Waals surface area contributed by atoms with Gasteiger partial charge in [0.1, 0.15) is 5.82 Å². The van der Waals surface area contributed by atoms with Gasteiger partial charge in [-0.2, -0.15) is 4.98 Å². The van der Waals surface area contributed by atoms with Crippen LogP contribution < -0.4 is 10.6 Å². The number of aromatic nitrogens is 3. The predicted molar refractivity (Wildman–Crippen MR) is 104 cm³/mol. The molecule has 6 heteroatoms. The molecule has 136 valence electrons. The Morgan fingerprint density at radius 3 is 2.38 bits per heavy atom. The molecule has 0 aliphatic heterocycles. The number of anilines is 1. The topological polar surface area (TPSA) is 81.1 Å². The van der Waals surface area contributed by atoms with Crippen LogP contribution in [0.4, 0.5) is 5.82 Å². The maximum absolute atomic E-state index is 5.59. The summed E-state index contributed by atoms with van der Waals surface area (Å²) in [5.41, 5.74) is 9.54. The number of aryl methyl sites for hydroxylation is 1. The first-order valence-electron chi connectivity index (χ1n) is 9.01. The Labute approximate surface area is 154 Å². The van der Waals surface area contributed by atoms with Gasteiger partial charge in [0, 0.05) is 29.9 Å². The smallest absolute Gasteiger partial charge is 0.258 e. The number of rotatable bonds is 7. The van der Waals surface area contributed by atoms with E-state index in [4.69, 9.17) is 10.3 Å². The first-order valence-corrected chi connectivity index (χ1v) is 9.01. The number of hydrogen-bond acceptors (Lipinski definition) is 6. The first-order chi connectivity index (χ1) is 12.6. The Kier molecular flexibility index (Phi) is 5.63. The fraction of sp³-hybridized carbons (Fsp3) is 0.350. The third-order valence-corrected chi connectivity index (χ3v) is 4.35. The summed E-state index contributed by atoms with van der Waals surface area (Å²) in [5, 5.41) is 4.14. The van der Waals surface area contributed by atoms with Gasteiger partial charge in [0.2, 0.25) is 5.82 Å². The molecular weight excluding hydrogens is 326 g/mol. The summed E-state index contributed by atoms with van der Waals surface area (Å²) in [7, 11) is 0. The van der Waals surface area contributed by atoms with Crippen molar-refractivity contribution in [2.75, 3.05) is 24.5 Å². The number of nitrogens with zero attached hydrogens (tertiary/aromatic N) is 4.